The van der Waals surface area contributed by atoms with Crippen LogP contribution in [0.1, 0.15) is 21.6 Å². The summed E-state index contributed by atoms with van der Waals surface area (Å²) in [7, 11) is 0. The van der Waals surface area contributed by atoms with Gasteiger partial charge >= 0.3 is 0 Å². The van der Waals surface area contributed by atoms with Crippen molar-refractivity contribution < 1.29 is 9.18 Å². The van der Waals surface area contributed by atoms with Crippen molar-refractivity contribution in [3.63, 3.8) is 0 Å². The summed E-state index contributed by atoms with van der Waals surface area (Å²) >= 11 is 0. The Morgan fingerprint density at radius 2 is 2.04 bits per heavy atom. The maximum Gasteiger partial charge on any atom is 0.273 e. The molecule has 0 aliphatic heterocycles. The van der Waals surface area contributed by atoms with E-state index in [4.69, 9.17) is 0 Å². The van der Waals surface area contributed by atoms with E-state index in [1.54, 1.807) is 42.3 Å². The number of hydrogen-bond acceptors (Lipinski definition) is 4. The number of carbonyl (C=O) groups is 1. The highest BCUT2D eigenvalue weighted by Crippen LogP contribution is 2.21. The van der Waals surface area contributed by atoms with E-state index in [1.165, 1.54) is 18.3 Å². The Morgan fingerprint density at radius 1 is 1.19 bits per heavy atom. The molecule has 6 nitrogen and oxygen atoms in total. The van der Waals surface area contributed by atoms with Gasteiger partial charge in [0.2, 0.25) is 0 Å². The van der Waals surface area contributed by atoms with Gasteiger partial charge in [-0.3, -0.25) is 19.9 Å². The Hall–Kier alpha value is -3.61. The number of fused-ring (bicyclic) bond motifs is 1. The first-order valence-electron chi connectivity index (χ1n) is 8.35. The molecular formula is C20H16FN5O. The number of aromatic nitrogens is 4. The van der Waals surface area contributed by atoms with Crippen molar-refractivity contribution in [2.45, 2.75) is 13.8 Å². The third kappa shape index (κ3) is 3.15. The monoisotopic (exact) mass is 361 g/mol. The third-order valence-corrected chi connectivity index (χ3v) is 4.33. The largest absolute Gasteiger partial charge is 0.273 e. The molecule has 0 aliphatic carbocycles. The average molecular weight is 361 g/mol. The topological polar surface area (TPSA) is 72.7 Å². The summed E-state index contributed by atoms with van der Waals surface area (Å²) in [5.41, 5.74) is 6.09. The lowest BCUT2D eigenvalue weighted by Crippen LogP contribution is -2.23. The van der Waals surface area contributed by atoms with Crippen molar-refractivity contribution in [2.24, 2.45) is 0 Å². The van der Waals surface area contributed by atoms with E-state index in [-0.39, 0.29) is 11.7 Å². The lowest BCUT2D eigenvalue weighted by molar-refractivity contribution is 0.101. The minimum absolute atomic E-state index is 0.315. The van der Waals surface area contributed by atoms with E-state index in [0.717, 1.165) is 16.5 Å². The van der Waals surface area contributed by atoms with Gasteiger partial charge in [0.15, 0.2) is 5.82 Å². The maximum absolute atomic E-state index is 13.5. The normalized spacial score (nSPS) is 10.9. The molecule has 0 fully saturated rings. The first-order valence-corrected chi connectivity index (χ1v) is 8.35. The van der Waals surface area contributed by atoms with Crippen LogP contribution in [0, 0.1) is 19.7 Å². The van der Waals surface area contributed by atoms with Crippen LogP contribution < -0.4 is 5.43 Å². The molecule has 134 valence electrons. The second-order valence-electron chi connectivity index (χ2n) is 6.22. The average Bonchev–Trinajstić information content (AvgIpc) is 2.97. The van der Waals surface area contributed by atoms with Crippen molar-refractivity contribution in [3.05, 3.63) is 77.8 Å². The highest BCUT2D eigenvalue weighted by atomic mass is 19.1. The number of nitrogens with one attached hydrogen (secondary N) is 1. The van der Waals surface area contributed by atoms with Gasteiger partial charge in [0.25, 0.3) is 5.91 Å². The molecule has 1 N–H and O–H groups in total. The molecule has 0 unspecified atom stereocenters. The van der Waals surface area contributed by atoms with E-state index in [0.29, 0.717) is 22.6 Å². The molecule has 4 aromatic rings. The van der Waals surface area contributed by atoms with Crippen LogP contribution in [0.2, 0.25) is 0 Å². The third-order valence-electron chi connectivity index (χ3n) is 4.33. The van der Waals surface area contributed by atoms with Gasteiger partial charge in [0.05, 0.1) is 16.8 Å². The second kappa shape index (κ2) is 6.60. The number of halogens is 1. The van der Waals surface area contributed by atoms with Gasteiger partial charge in [0, 0.05) is 35.7 Å². The highest BCUT2D eigenvalue weighted by Gasteiger charge is 2.15. The second-order valence-corrected chi connectivity index (χ2v) is 6.22. The Morgan fingerprint density at radius 3 is 2.78 bits per heavy atom. The van der Waals surface area contributed by atoms with Crippen molar-refractivity contribution in [1.82, 2.24) is 19.6 Å². The summed E-state index contributed by atoms with van der Waals surface area (Å²) < 4.78 is 15.1. The van der Waals surface area contributed by atoms with Gasteiger partial charge in [-0.25, -0.2) is 14.4 Å². The molecule has 0 spiro atoms. The van der Waals surface area contributed by atoms with Gasteiger partial charge in [-0.1, -0.05) is 0 Å². The minimum Gasteiger partial charge on any atom is -0.267 e. The number of pyridine rings is 1. The molecule has 1 aromatic carbocycles. The molecule has 4 rings (SSSR count). The van der Waals surface area contributed by atoms with Crippen LogP contribution in [0.5, 0.6) is 0 Å². The lowest BCUT2D eigenvalue weighted by atomic mass is 10.2. The van der Waals surface area contributed by atoms with Crippen LogP contribution in [-0.2, 0) is 0 Å². The molecule has 0 aliphatic rings. The molecule has 7 heteroatoms. The first kappa shape index (κ1) is 16.8. The van der Waals surface area contributed by atoms with E-state index < -0.39 is 0 Å². The number of nitrogens with zero attached hydrogens (tertiary/aromatic N) is 4. The standard InChI is InChI=1S/C20H16FN5O/c1-12-11-26(18-6-5-15(21)8-16(12)18)25-20(27)17-10-23-19(24-13(17)2)14-4-3-7-22-9-14/h3-11H,1-2H3,(H,25,27). The van der Waals surface area contributed by atoms with Gasteiger partial charge in [0.1, 0.15) is 5.82 Å². The molecule has 27 heavy (non-hydrogen) atoms. The number of amides is 1. The zero-order valence-corrected chi connectivity index (χ0v) is 14.8. The lowest BCUT2D eigenvalue weighted by Gasteiger charge is -2.10. The Bertz CT molecular complexity index is 1150. The molecule has 0 bridgehead atoms. The molecule has 3 heterocycles. The number of benzene rings is 1. The molecule has 3 aromatic heterocycles. The van der Waals surface area contributed by atoms with Crippen LogP contribution in [-0.4, -0.2) is 25.5 Å². The van der Waals surface area contributed by atoms with Gasteiger partial charge in [-0.05, 0) is 49.7 Å². The van der Waals surface area contributed by atoms with Crippen LogP contribution in [0.15, 0.2) is 55.1 Å². The van der Waals surface area contributed by atoms with E-state index >= 15 is 0 Å². The van der Waals surface area contributed by atoms with E-state index in [9.17, 15) is 9.18 Å². The number of rotatable bonds is 3. The van der Waals surface area contributed by atoms with Gasteiger partial charge in [-0.2, -0.15) is 0 Å². The predicted molar refractivity (Wildman–Crippen MR) is 100 cm³/mol. The molecule has 0 atom stereocenters. The molecule has 1 amide bonds. The highest BCUT2D eigenvalue weighted by molar-refractivity contribution is 6.01. The predicted octanol–water partition coefficient (Wildman–Crippen LogP) is 3.63. The van der Waals surface area contributed by atoms with E-state index in [1.807, 2.05) is 13.0 Å². The number of hydrogen-bond donors (Lipinski definition) is 1. The first-order chi connectivity index (χ1) is 13.0. The van der Waals surface area contributed by atoms with Crippen LogP contribution >= 0.6 is 0 Å². The van der Waals surface area contributed by atoms with Crippen molar-refractivity contribution in [1.29, 1.82) is 0 Å². The van der Waals surface area contributed by atoms with Gasteiger partial charge in [-0.15, -0.1) is 0 Å². The fraction of sp³-hybridized carbons (Fsp3) is 0.100. The molecular weight excluding hydrogens is 345 g/mol. The van der Waals surface area contributed by atoms with Crippen LogP contribution in [0.25, 0.3) is 22.3 Å². The number of carbonyl (C=O) groups excluding carboxylic acids is 1. The number of aryl methyl sites for hydroxylation is 2. The quantitative estimate of drug-likeness (QED) is 0.605. The Labute approximate surface area is 154 Å². The molecule has 0 radical (unpaired) electrons. The summed E-state index contributed by atoms with van der Waals surface area (Å²) in [6, 6.07) is 8.10. The smallest absolute Gasteiger partial charge is 0.267 e. The van der Waals surface area contributed by atoms with Crippen LogP contribution in [0.4, 0.5) is 4.39 Å². The van der Waals surface area contributed by atoms with E-state index in [2.05, 4.69) is 20.4 Å². The minimum atomic E-state index is -0.341. The SMILES string of the molecule is Cc1nc(-c2cccnc2)ncc1C(=O)Nn1cc(C)c2cc(F)ccc21. The summed E-state index contributed by atoms with van der Waals surface area (Å²) in [6.45, 7) is 3.62. The maximum atomic E-state index is 13.5. The van der Waals surface area contributed by atoms with Gasteiger partial charge < -0.3 is 0 Å². The van der Waals surface area contributed by atoms with Crippen molar-refractivity contribution in [2.75, 3.05) is 5.43 Å². The molecule has 0 saturated heterocycles. The zero-order valence-electron chi connectivity index (χ0n) is 14.8. The van der Waals surface area contributed by atoms with Crippen molar-refractivity contribution in [3.8, 4) is 11.4 Å². The fourth-order valence-electron chi connectivity index (χ4n) is 2.95. The summed E-state index contributed by atoms with van der Waals surface area (Å²) in [5.74, 6) is -0.147. The zero-order chi connectivity index (χ0) is 19.0. The summed E-state index contributed by atoms with van der Waals surface area (Å²) in [5, 5.41) is 0.746. The van der Waals surface area contributed by atoms with Crippen molar-refractivity contribution >= 4 is 16.8 Å². The molecule has 0 saturated carbocycles. The Balaban J connectivity index is 1.64. The Kier molecular flexibility index (Phi) is 4.12. The summed E-state index contributed by atoms with van der Waals surface area (Å²) in [4.78, 5) is 25.5. The fourth-order valence-corrected chi connectivity index (χ4v) is 2.95. The van der Waals surface area contributed by atoms with Crippen LogP contribution in [0.3, 0.4) is 0 Å². The summed E-state index contributed by atoms with van der Waals surface area (Å²) in [6.07, 6.45) is 6.59.